The second-order valence-electron chi connectivity index (χ2n) is 6.43. The number of anilines is 1. The molecule has 0 amide bonds. The van der Waals surface area contributed by atoms with Gasteiger partial charge in [-0.3, -0.25) is 0 Å². The maximum Gasteiger partial charge on any atom is 0.127 e. The van der Waals surface area contributed by atoms with Crippen molar-refractivity contribution in [1.29, 1.82) is 0 Å². The smallest absolute Gasteiger partial charge is 0.127 e. The van der Waals surface area contributed by atoms with Crippen LogP contribution in [0.1, 0.15) is 20.8 Å². The minimum absolute atomic E-state index is 0.0596. The van der Waals surface area contributed by atoms with Crippen molar-refractivity contribution < 1.29 is 0 Å². The topological polar surface area (TPSA) is 24.9 Å². The molecule has 3 heteroatoms. The van der Waals surface area contributed by atoms with E-state index in [1.165, 1.54) is 0 Å². The molecule has 1 N–H and O–H groups in total. The normalized spacial score (nSPS) is 11.6. The zero-order chi connectivity index (χ0) is 15.7. The SMILES string of the molecule is CC(C)(C)Nc1cc(-c2ccccc2)c2cccc(Cl)c2n1. The number of nitrogens with zero attached hydrogens (tertiary/aromatic N) is 1. The molecule has 2 aromatic carbocycles. The fourth-order valence-electron chi connectivity index (χ4n) is 2.52. The predicted octanol–water partition coefficient (Wildman–Crippen LogP) is 5.77. The summed E-state index contributed by atoms with van der Waals surface area (Å²) in [7, 11) is 0. The number of hydrogen-bond donors (Lipinski definition) is 1. The van der Waals surface area contributed by atoms with Gasteiger partial charge in [-0.15, -0.1) is 0 Å². The molecule has 0 bridgehead atoms. The van der Waals surface area contributed by atoms with Crippen LogP contribution in [0.15, 0.2) is 54.6 Å². The summed E-state index contributed by atoms with van der Waals surface area (Å²) in [5.41, 5.74) is 3.07. The van der Waals surface area contributed by atoms with Gasteiger partial charge in [0.05, 0.1) is 10.5 Å². The molecule has 112 valence electrons. The number of rotatable bonds is 2. The van der Waals surface area contributed by atoms with E-state index in [0.717, 1.165) is 27.8 Å². The molecule has 22 heavy (non-hydrogen) atoms. The predicted molar refractivity (Wildman–Crippen MR) is 95.6 cm³/mol. The van der Waals surface area contributed by atoms with Crippen LogP contribution in [0.25, 0.3) is 22.0 Å². The van der Waals surface area contributed by atoms with Crippen molar-refractivity contribution in [2.75, 3.05) is 5.32 Å². The first kappa shape index (κ1) is 14.9. The van der Waals surface area contributed by atoms with E-state index >= 15 is 0 Å². The maximum atomic E-state index is 6.37. The van der Waals surface area contributed by atoms with Gasteiger partial charge in [-0.2, -0.15) is 0 Å². The van der Waals surface area contributed by atoms with Crippen molar-refractivity contribution in [3.05, 3.63) is 59.6 Å². The van der Waals surface area contributed by atoms with Crippen LogP contribution in [0.5, 0.6) is 0 Å². The van der Waals surface area contributed by atoms with Gasteiger partial charge in [-0.25, -0.2) is 4.98 Å². The van der Waals surface area contributed by atoms with Crippen molar-refractivity contribution in [3.63, 3.8) is 0 Å². The van der Waals surface area contributed by atoms with E-state index < -0.39 is 0 Å². The van der Waals surface area contributed by atoms with Gasteiger partial charge >= 0.3 is 0 Å². The number of benzene rings is 2. The number of halogens is 1. The van der Waals surface area contributed by atoms with E-state index in [9.17, 15) is 0 Å². The third kappa shape index (κ3) is 3.07. The Morgan fingerprint density at radius 2 is 1.68 bits per heavy atom. The average molecular weight is 311 g/mol. The molecule has 0 atom stereocenters. The second kappa shape index (κ2) is 5.62. The standard InChI is InChI=1S/C19H19ClN2/c1-19(2,3)22-17-12-15(13-8-5-4-6-9-13)14-10-7-11-16(20)18(14)21-17/h4-12H,1-3H3,(H,21,22). The van der Waals surface area contributed by atoms with Crippen molar-refractivity contribution in [2.45, 2.75) is 26.3 Å². The molecule has 0 unspecified atom stereocenters. The molecule has 0 fully saturated rings. The fraction of sp³-hybridized carbons (Fsp3) is 0.211. The van der Waals surface area contributed by atoms with Gasteiger partial charge < -0.3 is 5.32 Å². The van der Waals surface area contributed by atoms with E-state index in [1.807, 2.05) is 30.3 Å². The summed E-state index contributed by atoms with van der Waals surface area (Å²) in [5, 5.41) is 5.18. The van der Waals surface area contributed by atoms with Gasteiger partial charge in [0.1, 0.15) is 5.82 Å². The number of aromatic nitrogens is 1. The molecular weight excluding hydrogens is 292 g/mol. The average Bonchev–Trinajstić information content (AvgIpc) is 2.47. The van der Waals surface area contributed by atoms with Gasteiger partial charge in [0.2, 0.25) is 0 Å². The number of nitrogens with one attached hydrogen (secondary N) is 1. The van der Waals surface area contributed by atoms with Crippen molar-refractivity contribution in [1.82, 2.24) is 4.98 Å². The van der Waals surface area contributed by atoms with Gasteiger partial charge in [0.15, 0.2) is 0 Å². The Bertz CT molecular complexity index is 805. The highest BCUT2D eigenvalue weighted by Gasteiger charge is 2.14. The lowest BCUT2D eigenvalue weighted by Gasteiger charge is -2.22. The third-order valence-corrected chi connectivity index (χ3v) is 3.68. The molecule has 2 nitrogen and oxygen atoms in total. The molecule has 1 heterocycles. The van der Waals surface area contributed by atoms with Gasteiger partial charge in [0.25, 0.3) is 0 Å². The molecule has 0 radical (unpaired) electrons. The second-order valence-corrected chi connectivity index (χ2v) is 6.84. The summed E-state index contributed by atoms with van der Waals surface area (Å²) >= 11 is 6.37. The summed E-state index contributed by atoms with van der Waals surface area (Å²) in [6, 6.07) is 18.3. The first-order chi connectivity index (χ1) is 10.4. The van der Waals surface area contributed by atoms with Crippen LogP contribution in [0, 0.1) is 0 Å². The molecular formula is C19H19ClN2. The van der Waals surface area contributed by atoms with Crippen LogP contribution in [0.2, 0.25) is 5.02 Å². The van der Waals surface area contributed by atoms with Crippen LogP contribution < -0.4 is 5.32 Å². The highest BCUT2D eigenvalue weighted by molar-refractivity contribution is 6.35. The van der Waals surface area contributed by atoms with Crippen LogP contribution in [-0.4, -0.2) is 10.5 Å². The van der Waals surface area contributed by atoms with Crippen LogP contribution >= 0.6 is 11.6 Å². The molecule has 0 saturated heterocycles. The number of para-hydroxylation sites is 1. The lowest BCUT2D eigenvalue weighted by Crippen LogP contribution is -2.26. The van der Waals surface area contributed by atoms with E-state index in [4.69, 9.17) is 16.6 Å². The molecule has 0 aliphatic heterocycles. The molecule has 3 rings (SSSR count). The highest BCUT2D eigenvalue weighted by Crippen LogP contribution is 2.33. The lowest BCUT2D eigenvalue weighted by molar-refractivity contribution is 0.631. The first-order valence-electron chi connectivity index (χ1n) is 7.37. The fourth-order valence-corrected chi connectivity index (χ4v) is 2.74. The van der Waals surface area contributed by atoms with E-state index in [2.05, 4.69) is 50.4 Å². The lowest BCUT2D eigenvalue weighted by atomic mass is 10.0. The minimum atomic E-state index is -0.0596. The van der Waals surface area contributed by atoms with Crippen LogP contribution in [0.3, 0.4) is 0 Å². The number of hydrogen-bond acceptors (Lipinski definition) is 2. The highest BCUT2D eigenvalue weighted by atomic mass is 35.5. The van der Waals surface area contributed by atoms with Gasteiger partial charge in [0, 0.05) is 10.9 Å². The van der Waals surface area contributed by atoms with Crippen molar-refractivity contribution in [2.24, 2.45) is 0 Å². The largest absolute Gasteiger partial charge is 0.365 e. The minimum Gasteiger partial charge on any atom is -0.365 e. The molecule has 0 aliphatic carbocycles. The number of fused-ring (bicyclic) bond motifs is 1. The summed E-state index contributed by atoms with van der Waals surface area (Å²) in [6.45, 7) is 6.36. The van der Waals surface area contributed by atoms with E-state index in [-0.39, 0.29) is 5.54 Å². The summed E-state index contributed by atoms with van der Waals surface area (Å²) in [5.74, 6) is 0.840. The zero-order valence-electron chi connectivity index (χ0n) is 13.0. The quantitative estimate of drug-likeness (QED) is 0.650. The van der Waals surface area contributed by atoms with Crippen LogP contribution in [0.4, 0.5) is 5.82 Å². The van der Waals surface area contributed by atoms with E-state index in [0.29, 0.717) is 5.02 Å². The van der Waals surface area contributed by atoms with Crippen molar-refractivity contribution in [3.8, 4) is 11.1 Å². The number of pyridine rings is 1. The van der Waals surface area contributed by atoms with Crippen LogP contribution in [-0.2, 0) is 0 Å². The third-order valence-electron chi connectivity index (χ3n) is 3.38. The van der Waals surface area contributed by atoms with E-state index in [1.54, 1.807) is 0 Å². The maximum absolute atomic E-state index is 6.37. The molecule has 0 spiro atoms. The molecule has 0 saturated carbocycles. The Kier molecular flexibility index (Phi) is 3.79. The Morgan fingerprint density at radius 3 is 2.36 bits per heavy atom. The van der Waals surface area contributed by atoms with Crippen molar-refractivity contribution >= 4 is 28.3 Å². The zero-order valence-corrected chi connectivity index (χ0v) is 13.8. The van der Waals surface area contributed by atoms with Gasteiger partial charge in [-0.1, -0.05) is 54.1 Å². The summed E-state index contributed by atoms with van der Waals surface area (Å²) in [6.07, 6.45) is 0. The molecule has 0 aliphatic rings. The first-order valence-corrected chi connectivity index (χ1v) is 7.75. The summed E-state index contributed by atoms with van der Waals surface area (Å²) < 4.78 is 0. The Balaban J connectivity index is 2.27. The Morgan fingerprint density at radius 1 is 0.955 bits per heavy atom. The Hall–Kier alpha value is -2.06. The molecule has 3 aromatic rings. The monoisotopic (exact) mass is 310 g/mol. The van der Waals surface area contributed by atoms with Gasteiger partial charge in [-0.05, 0) is 44.0 Å². The summed E-state index contributed by atoms with van der Waals surface area (Å²) in [4.78, 5) is 4.70. The Labute approximate surface area is 136 Å². The molecule has 1 aromatic heterocycles.